The number of methoxy groups -OCH3 is 1. The van der Waals surface area contributed by atoms with Gasteiger partial charge in [0.25, 0.3) is 5.91 Å². The van der Waals surface area contributed by atoms with Crippen LogP contribution in [0.25, 0.3) is 0 Å². The monoisotopic (exact) mass is 581 g/mol. The van der Waals surface area contributed by atoms with E-state index in [-0.39, 0.29) is 24.6 Å². The summed E-state index contributed by atoms with van der Waals surface area (Å²) >= 11 is 0. The Morgan fingerprint density at radius 3 is 2.50 bits per heavy atom. The second-order valence-corrected chi connectivity index (χ2v) is 10.7. The van der Waals surface area contributed by atoms with Gasteiger partial charge in [0.1, 0.15) is 18.2 Å². The third-order valence-corrected chi connectivity index (χ3v) is 8.27. The minimum Gasteiger partial charge on any atom is -0.496 e. The minimum absolute atomic E-state index is 0.00270. The van der Waals surface area contributed by atoms with Crippen LogP contribution in [0.4, 0.5) is 18.0 Å². The lowest BCUT2D eigenvalue weighted by Gasteiger charge is -2.43. The van der Waals surface area contributed by atoms with Crippen LogP contribution in [-0.4, -0.2) is 68.2 Å². The van der Waals surface area contributed by atoms with Gasteiger partial charge >= 0.3 is 6.03 Å². The van der Waals surface area contributed by atoms with Crippen LogP contribution in [-0.2, 0) is 14.9 Å². The number of piperidine rings is 1. The first kappa shape index (κ1) is 29.6. The fraction of sp³-hybridized carbons (Fsp3) is 0.375. The van der Waals surface area contributed by atoms with E-state index in [2.05, 4.69) is 22.3 Å². The van der Waals surface area contributed by atoms with Crippen LogP contribution in [0, 0.1) is 17.5 Å². The number of morpholine rings is 1. The maximum Gasteiger partial charge on any atom is 0.324 e. The maximum absolute atomic E-state index is 14.4. The number of ether oxygens (including phenoxy) is 2. The SMILES string of the molecule is COc1ccc(F)cc1C1(c2ccccc2)CCN(CCCNC(=O)N2C(=O)COCC2c2ccc(F)c(F)c2)CC1. The molecule has 3 amide bonds. The van der Waals surface area contributed by atoms with Crippen molar-refractivity contribution in [3.05, 3.63) is 101 Å². The molecule has 0 radical (unpaired) electrons. The van der Waals surface area contributed by atoms with Gasteiger partial charge in [0, 0.05) is 17.5 Å². The fourth-order valence-electron chi connectivity index (χ4n) is 6.06. The molecular formula is C32H34F3N3O4. The summed E-state index contributed by atoms with van der Waals surface area (Å²) < 4.78 is 52.6. The molecule has 0 saturated carbocycles. The zero-order valence-corrected chi connectivity index (χ0v) is 23.5. The summed E-state index contributed by atoms with van der Waals surface area (Å²) in [5.74, 6) is -2.25. The van der Waals surface area contributed by atoms with E-state index < -0.39 is 35.0 Å². The molecule has 0 bridgehead atoms. The number of likely N-dealkylation sites (tertiary alicyclic amines) is 1. The van der Waals surface area contributed by atoms with Crippen molar-refractivity contribution in [3.8, 4) is 5.75 Å². The van der Waals surface area contributed by atoms with Crippen LogP contribution in [0.2, 0.25) is 0 Å². The average molecular weight is 582 g/mol. The van der Waals surface area contributed by atoms with Gasteiger partial charge in [-0.2, -0.15) is 0 Å². The van der Waals surface area contributed by atoms with Crippen molar-refractivity contribution in [1.82, 2.24) is 15.1 Å². The molecule has 2 aliphatic rings. The van der Waals surface area contributed by atoms with Crippen molar-refractivity contribution in [2.24, 2.45) is 0 Å². The van der Waals surface area contributed by atoms with Gasteiger partial charge < -0.3 is 19.7 Å². The molecule has 2 fully saturated rings. The zero-order chi connectivity index (χ0) is 29.7. The Morgan fingerprint density at radius 1 is 1.02 bits per heavy atom. The molecule has 7 nitrogen and oxygen atoms in total. The number of carbonyl (C=O) groups excluding carboxylic acids is 2. The van der Waals surface area contributed by atoms with Gasteiger partial charge in [0.05, 0.1) is 19.8 Å². The van der Waals surface area contributed by atoms with Crippen molar-refractivity contribution >= 4 is 11.9 Å². The number of halogens is 3. The van der Waals surface area contributed by atoms with Crippen molar-refractivity contribution in [2.75, 3.05) is 46.5 Å². The van der Waals surface area contributed by atoms with E-state index in [1.807, 2.05) is 18.2 Å². The first-order valence-electron chi connectivity index (χ1n) is 14.1. The Labute approximate surface area is 243 Å². The number of rotatable bonds is 8. The number of nitrogens with zero attached hydrogens (tertiary/aromatic N) is 2. The lowest BCUT2D eigenvalue weighted by Crippen LogP contribution is -2.52. The summed E-state index contributed by atoms with van der Waals surface area (Å²) in [6.07, 6.45) is 2.17. The van der Waals surface area contributed by atoms with Crippen molar-refractivity contribution in [2.45, 2.75) is 30.7 Å². The second-order valence-electron chi connectivity index (χ2n) is 10.7. The van der Waals surface area contributed by atoms with Gasteiger partial charge in [-0.25, -0.2) is 18.0 Å². The highest BCUT2D eigenvalue weighted by molar-refractivity contribution is 5.96. The van der Waals surface area contributed by atoms with Crippen molar-refractivity contribution < 1.29 is 32.2 Å². The summed E-state index contributed by atoms with van der Waals surface area (Å²) in [5, 5.41) is 2.80. The van der Waals surface area contributed by atoms with Gasteiger partial charge in [0.2, 0.25) is 0 Å². The number of urea groups is 1. The summed E-state index contributed by atoms with van der Waals surface area (Å²) in [7, 11) is 1.60. The highest BCUT2D eigenvalue weighted by Crippen LogP contribution is 2.45. The quantitative estimate of drug-likeness (QED) is 0.371. The molecule has 3 aromatic rings. The summed E-state index contributed by atoms with van der Waals surface area (Å²) in [5.41, 5.74) is 1.84. The minimum atomic E-state index is -1.06. The molecule has 2 heterocycles. The van der Waals surface area contributed by atoms with Crippen LogP contribution in [0.5, 0.6) is 5.75 Å². The number of benzene rings is 3. The standard InChI is InChI=1S/C32H34F3N3O4/c1-41-29-11-9-24(33)19-25(29)32(23-6-3-2-4-7-23)12-16-37(17-13-32)15-5-14-36-31(40)38-28(20-42-21-30(38)39)22-8-10-26(34)27(35)18-22/h2-4,6-11,18-19,28H,5,12-17,20-21H2,1H3,(H,36,40). The third-order valence-electron chi connectivity index (χ3n) is 8.27. The predicted molar refractivity (Wildman–Crippen MR) is 151 cm³/mol. The normalized spacial score (nSPS) is 19.0. The summed E-state index contributed by atoms with van der Waals surface area (Å²) in [6.45, 7) is 2.31. The molecule has 2 saturated heterocycles. The van der Waals surface area contributed by atoms with Crippen molar-refractivity contribution in [1.29, 1.82) is 0 Å². The van der Waals surface area contributed by atoms with E-state index in [1.165, 1.54) is 12.1 Å². The van der Waals surface area contributed by atoms with Gasteiger partial charge in [-0.3, -0.25) is 9.69 Å². The Morgan fingerprint density at radius 2 is 1.79 bits per heavy atom. The highest BCUT2D eigenvalue weighted by Gasteiger charge is 2.40. The molecule has 1 unspecified atom stereocenters. The molecule has 1 atom stereocenters. The number of carbonyl (C=O) groups is 2. The van der Waals surface area contributed by atoms with E-state index in [1.54, 1.807) is 19.2 Å². The molecule has 42 heavy (non-hydrogen) atoms. The average Bonchev–Trinajstić information content (AvgIpc) is 3.01. The fourth-order valence-corrected chi connectivity index (χ4v) is 6.06. The molecule has 0 aromatic heterocycles. The zero-order valence-electron chi connectivity index (χ0n) is 23.5. The number of amides is 3. The molecule has 0 aliphatic carbocycles. The van der Waals surface area contributed by atoms with Crippen LogP contribution in [0.3, 0.4) is 0 Å². The number of nitrogens with one attached hydrogen (secondary N) is 1. The molecule has 2 aliphatic heterocycles. The van der Waals surface area contributed by atoms with E-state index >= 15 is 0 Å². The second kappa shape index (κ2) is 13.0. The number of imide groups is 1. The molecule has 10 heteroatoms. The van der Waals surface area contributed by atoms with E-state index in [4.69, 9.17) is 9.47 Å². The Bertz CT molecular complexity index is 1410. The molecule has 3 aromatic carbocycles. The Balaban J connectivity index is 1.19. The topological polar surface area (TPSA) is 71.1 Å². The third kappa shape index (κ3) is 6.15. The summed E-state index contributed by atoms with van der Waals surface area (Å²) in [6, 6.07) is 16.6. The van der Waals surface area contributed by atoms with Crippen LogP contribution < -0.4 is 10.1 Å². The van der Waals surface area contributed by atoms with Gasteiger partial charge in [0.15, 0.2) is 11.6 Å². The first-order valence-corrected chi connectivity index (χ1v) is 14.1. The first-order chi connectivity index (χ1) is 20.3. The number of hydrogen-bond donors (Lipinski definition) is 1. The lowest BCUT2D eigenvalue weighted by molar-refractivity contribution is -0.143. The van der Waals surface area contributed by atoms with Crippen LogP contribution in [0.15, 0.2) is 66.7 Å². The van der Waals surface area contributed by atoms with Crippen molar-refractivity contribution in [3.63, 3.8) is 0 Å². The van der Waals surface area contributed by atoms with Gasteiger partial charge in [-0.05, 0) is 80.4 Å². The Kier molecular flexibility index (Phi) is 9.13. The van der Waals surface area contributed by atoms with Crippen LogP contribution in [0.1, 0.15) is 42.0 Å². The smallest absolute Gasteiger partial charge is 0.324 e. The predicted octanol–water partition coefficient (Wildman–Crippen LogP) is 5.19. The molecule has 0 spiro atoms. The van der Waals surface area contributed by atoms with E-state index in [0.29, 0.717) is 18.7 Å². The van der Waals surface area contributed by atoms with Gasteiger partial charge in [-0.1, -0.05) is 36.4 Å². The summed E-state index contributed by atoms with van der Waals surface area (Å²) in [4.78, 5) is 28.9. The Hall–Kier alpha value is -3.89. The highest BCUT2D eigenvalue weighted by atomic mass is 19.2. The maximum atomic E-state index is 14.4. The molecule has 222 valence electrons. The van der Waals surface area contributed by atoms with E-state index in [0.717, 1.165) is 60.6 Å². The lowest BCUT2D eigenvalue weighted by atomic mass is 9.67. The largest absolute Gasteiger partial charge is 0.496 e. The van der Waals surface area contributed by atoms with Crippen LogP contribution >= 0.6 is 0 Å². The van der Waals surface area contributed by atoms with Gasteiger partial charge in [-0.15, -0.1) is 0 Å². The molecular weight excluding hydrogens is 547 g/mol. The molecule has 1 N–H and O–H groups in total. The number of hydrogen-bond acceptors (Lipinski definition) is 5. The molecule has 5 rings (SSSR count). The van der Waals surface area contributed by atoms with E-state index in [9.17, 15) is 22.8 Å².